The van der Waals surface area contributed by atoms with Crippen molar-refractivity contribution in [3.63, 3.8) is 0 Å². The van der Waals surface area contributed by atoms with E-state index in [-0.39, 0.29) is 19.0 Å². The van der Waals surface area contributed by atoms with E-state index in [1.165, 1.54) is 0 Å². The lowest BCUT2D eigenvalue weighted by Gasteiger charge is -2.18. The first-order chi connectivity index (χ1) is 8.84. The molecule has 0 aliphatic carbocycles. The number of alkyl halides is 3. The highest BCUT2D eigenvalue weighted by molar-refractivity contribution is 5.28. The van der Waals surface area contributed by atoms with Crippen LogP contribution in [0.5, 0.6) is 5.75 Å². The predicted molar refractivity (Wildman–Crippen MR) is 68.1 cm³/mol. The molecule has 1 aromatic rings. The van der Waals surface area contributed by atoms with Crippen LogP contribution in [-0.2, 0) is 0 Å². The van der Waals surface area contributed by atoms with Gasteiger partial charge in [0.15, 0.2) is 0 Å². The van der Waals surface area contributed by atoms with Gasteiger partial charge in [0.2, 0.25) is 0 Å². The largest absolute Gasteiger partial charge is 0.497 e. The van der Waals surface area contributed by atoms with E-state index >= 15 is 0 Å². The first kappa shape index (κ1) is 15.8. The maximum Gasteiger partial charge on any atom is 0.403 e. The van der Waals surface area contributed by atoms with Gasteiger partial charge in [-0.2, -0.15) is 13.2 Å². The number of benzene rings is 1. The normalized spacial score (nSPS) is 15.1. The highest BCUT2D eigenvalue weighted by Gasteiger charge is 2.35. The smallest absolute Gasteiger partial charge is 0.403 e. The first-order valence-corrected chi connectivity index (χ1v) is 6.04. The number of ether oxygens (including phenoxy) is 1. The highest BCUT2D eigenvalue weighted by atomic mass is 19.4. The van der Waals surface area contributed by atoms with Crippen LogP contribution in [0.25, 0.3) is 0 Å². The van der Waals surface area contributed by atoms with Gasteiger partial charge in [-0.05, 0) is 37.6 Å². The summed E-state index contributed by atoms with van der Waals surface area (Å²) in [6.45, 7) is 2.11. The second kappa shape index (κ2) is 6.77. The number of rotatable bonds is 6. The van der Waals surface area contributed by atoms with Crippen LogP contribution in [0.15, 0.2) is 24.3 Å². The molecule has 0 saturated carbocycles. The molecule has 0 saturated heterocycles. The van der Waals surface area contributed by atoms with Crippen LogP contribution in [0.4, 0.5) is 13.2 Å². The van der Waals surface area contributed by atoms with Crippen molar-refractivity contribution >= 4 is 0 Å². The Labute approximate surface area is 110 Å². The fraction of sp³-hybridized carbons (Fsp3) is 0.538. The molecule has 19 heavy (non-hydrogen) atoms. The van der Waals surface area contributed by atoms with Gasteiger partial charge in [0.05, 0.1) is 7.11 Å². The molecule has 0 aliphatic rings. The number of methoxy groups -OCH3 is 1. The number of halogens is 3. The summed E-state index contributed by atoms with van der Waals surface area (Å²) in [6, 6.07) is 5.57. The summed E-state index contributed by atoms with van der Waals surface area (Å²) in [6.07, 6.45) is -4.46. The van der Waals surface area contributed by atoms with Crippen molar-refractivity contribution in [3.8, 4) is 5.75 Å². The van der Waals surface area contributed by atoms with E-state index in [0.29, 0.717) is 0 Å². The molecule has 0 heterocycles. The topological polar surface area (TPSA) is 47.3 Å². The molecule has 108 valence electrons. The lowest BCUT2D eigenvalue weighted by molar-refractivity contribution is -0.148. The molecular weight excluding hydrogens is 257 g/mol. The van der Waals surface area contributed by atoms with E-state index in [9.17, 15) is 13.2 Å². The predicted octanol–water partition coefficient (Wildman–Crippen LogP) is 2.63. The van der Waals surface area contributed by atoms with Crippen molar-refractivity contribution in [1.29, 1.82) is 0 Å². The van der Waals surface area contributed by atoms with Gasteiger partial charge in [-0.1, -0.05) is 12.1 Å². The van der Waals surface area contributed by atoms with Gasteiger partial charge in [-0.25, -0.2) is 0 Å². The summed E-state index contributed by atoms with van der Waals surface area (Å²) in [7, 11) is 1.58. The zero-order valence-corrected chi connectivity index (χ0v) is 11.0. The molecule has 3 nitrogen and oxygen atoms in total. The van der Waals surface area contributed by atoms with Crippen molar-refractivity contribution in [2.24, 2.45) is 5.73 Å². The average Bonchev–Trinajstić information content (AvgIpc) is 2.37. The minimum atomic E-state index is -4.33. The zero-order chi connectivity index (χ0) is 14.5. The third-order valence-corrected chi connectivity index (χ3v) is 2.94. The fourth-order valence-electron chi connectivity index (χ4n) is 1.63. The third-order valence-electron chi connectivity index (χ3n) is 2.94. The van der Waals surface area contributed by atoms with Crippen LogP contribution in [0, 0.1) is 0 Å². The Bertz CT molecular complexity index is 378. The molecule has 0 unspecified atom stereocenters. The van der Waals surface area contributed by atoms with Gasteiger partial charge in [0.1, 0.15) is 11.8 Å². The van der Waals surface area contributed by atoms with Crippen LogP contribution in [0.1, 0.15) is 24.9 Å². The monoisotopic (exact) mass is 276 g/mol. The molecule has 2 atom stereocenters. The number of nitrogens with two attached hydrogens (primary N) is 1. The molecule has 0 fully saturated rings. The Morgan fingerprint density at radius 2 is 1.84 bits per heavy atom. The Hall–Kier alpha value is -1.27. The molecule has 0 aliphatic heterocycles. The summed E-state index contributed by atoms with van der Waals surface area (Å²) < 4.78 is 41.7. The molecule has 0 radical (unpaired) electrons. The van der Waals surface area contributed by atoms with E-state index in [2.05, 4.69) is 5.32 Å². The fourth-order valence-corrected chi connectivity index (χ4v) is 1.63. The number of hydrogen-bond donors (Lipinski definition) is 2. The van der Waals surface area contributed by atoms with Gasteiger partial charge in [-0.3, -0.25) is 0 Å². The molecule has 0 spiro atoms. The molecule has 0 aromatic heterocycles. The van der Waals surface area contributed by atoms with Crippen LogP contribution in [-0.4, -0.2) is 25.9 Å². The van der Waals surface area contributed by atoms with Gasteiger partial charge >= 0.3 is 6.18 Å². The quantitative estimate of drug-likeness (QED) is 0.839. The Kier molecular flexibility index (Phi) is 5.62. The van der Waals surface area contributed by atoms with Crippen LogP contribution in [0.2, 0.25) is 0 Å². The van der Waals surface area contributed by atoms with Gasteiger partial charge in [-0.15, -0.1) is 0 Å². The minimum Gasteiger partial charge on any atom is -0.497 e. The molecule has 1 rings (SSSR count). The summed E-state index contributed by atoms with van der Waals surface area (Å²) in [5.41, 5.74) is 6.02. The summed E-state index contributed by atoms with van der Waals surface area (Å²) in [5.74, 6) is 0.745. The zero-order valence-electron chi connectivity index (χ0n) is 11.0. The highest BCUT2D eigenvalue weighted by Crippen LogP contribution is 2.21. The average molecular weight is 276 g/mol. The molecular formula is C13H19F3N2O. The van der Waals surface area contributed by atoms with Gasteiger partial charge in [0.25, 0.3) is 0 Å². The Morgan fingerprint density at radius 1 is 1.26 bits per heavy atom. The van der Waals surface area contributed by atoms with Crippen molar-refractivity contribution in [3.05, 3.63) is 29.8 Å². The van der Waals surface area contributed by atoms with E-state index in [0.717, 1.165) is 11.3 Å². The standard InChI is InChI=1S/C13H19F3N2O/c1-9(10-3-5-11(19-2)6-4-10)18-8-7-12(17)13(14,15)16/h3-6,9,12,18H,7-8,17H2,1-2H3/t9-,12+/m0/s1. The molecule has 6 heteroatoms. The van der Waals surface area contributed by atoms with Crippen LogP contribution < -0.4 is 15.8 Å². The van der Waals surface area contributed by atoms with E-state index in [4.69, 9.17) is 10.5 Å². The summed E-state index contributed by atoms with van der Waals surface area (Å²) in [5, 5.41) is 3.02. The third kappa shape index (κ3) is 5.08. The van der Waals surface area contributed by atoms with Crippen LogP contribution in [0.3, 0.4) is 0 Å². The van der Waals surface area contributed by atoms with Gasteiger partial charge in [0, 0.05) is 6.04 Å². The summed E-state index contributed by atoms with van der Waals surface area (Å²) >= 11 is 0. The second-order valence-electron chi connectivity index (χ2n) is 4.39. The lowest BCUT2D eigenvalue weighted by Crippen LogP contribution is -2.39. The minimum absolute atomic E-state index is 0.0358. The first-order valence-electron chi connectivity index (χ1n) is 6.04. The van der Waals surface area contributed by atoms with Crippen LogP contribution >= 0.6 is 0 Å². The van der Waals surface area contributed by atoms with Crippen molar-refractivity contribution in [2.45, 2.75) is 31.6 Å². The van der Waals surface area contributed by atoms with E-state index in [1.54, 1.807) is 7.11 Å². The molecule has 0 bridgehead atoms. The van der Waals surface area contributed by atoms with Crippen molar-refractivity contribution < 1.29 is 17.9 Å². The lowest BCUT2D eigenvalue weighted by atomic mass is 10.1. The number of hydrogen-bond acceptors (Lipinski definition) is 3. The SMILES string of the molecule is COc1ccc([C@H](C)NCC[C@@H](N)C(F)(F)F)cc1. The van der Waals surface area contributed by atoms with Gasteiger partial charge < -0.3 is 15.8 Å². The molecule has 1 aromatic carbocycles. The Morgan fingerprint density at radius 3 is 2.32 bits per heavy atom. The molecule has 3 N–H and O–H groups in total. The summed E-state index contributed by atoms with van der Waals surface area (Å²) in [4.78, 5) is 0. The Balaban J connectivity index is 2.40. The molecule has 0 amide bonds. The van der Waals surface area contributed by atoms with E-state index < -0.39 is 12.2 Å². The number of nitrogens with one attached hydrogen (secondary N) is 1. The maximum absolute atomic E-state index is 12.2. The van der Waals surface area contributed by atoms with E-state index in [1.807, 2.05) is 31.2 Å². The van der Waals surface area contributed by atoms with Crippen molar-refractivity contribution in [2.75, 3.05) is 13.7 Å². The maximum atomic E-state index is 12.2. The second-order valence-corrected chi connectivity index (χ2v) is 4.39. The van der Waals surface area contributed by atoms with Crippen molar-refractivity contribution in [1.82, 2.24) is 5.32 Å².